The summed E-state index contributed by atoms with van der Waals surface area (Å²) < 4.78 is 5.59. The fourth-order valence-electron chi connectivity index (χ4n) is 5.34. The van der Waals surface area contributed by atoms with Crippen molar-refractivity contribution in [1.82, 2.24) is 4.90 Å². The minimum Gasteiger partial charge on any atom is -0.465 e. The van der Waals surface area contributed by atoms with Crippen LogP contribution in [0.2, 0.25) is 0 Å². The average molecular weight is 481 g/mol. The lowest BCUT2D eigenvalue weighted by molar-refractivity contribution is -0.159. The van der Waals surface area contributed by atoms with Crippen LogP contribution in [0.25, 0.3) is 6.08 Å². The minimum absolute atomic E-state index is 0.136. The third kappa shape index (κ3) is 3.38. The van der Waals surface area contributed by atoms with E-state index in [-0.39, 0.29) is 12.4 Å². The Labute approximate surface area is 209 Å². The molecule has 0 bridgehead atoms. The van der Waals surface area contributed by atoms with Crippen molar-refractivity contribution in [2.24, 2.45) is 5.41 Å². The number of carbonyl (C=O) groups is 2. The number of rotatable bonds is 6. The van der Waals surface area contributed by atoms with Crippen molar-refractivity contribution in [3.63, 3.8) is 0 Å². The second kappa shape index (κ2) is 9.09. The van der Waals surface area contributed by atoms with Gasteiger partial charge in [-0.3, -0.25) is 14.5 Å². The maximum Gasteiger partial charge on any atom is 0.323 e. The second-order valence-corrected chi connectivity index (χ2v) is 9.64. The zero-order chi connectivity index (χ0) is 24.5. The van der Waals surface area contributed by atoms with Crippen molar-refractivity contribution in [2.75, 3.05) is 12.4 Å². The Balaban J connectivity index is 1.78. The molecule has 1 amide bonds. The van der Waals surface area contributed by atoms with Gasteiger partial charge in [0.25, 0.3) is 0 Å². The Kier molecular flexibility index (Phi) is 5.96. The normalized spacial score (nSPS) is 24.4. The molecule has 6 heteroatoms. The van der Waals surface area contributed by atoms with Crippen molar-refractivity contribution in [3.05, 3.63) is 108 Å². The van der Waals surface area contributed by atoms with Gasteiger partial charge < -0.3 is 4.74 Å². The molecule has 3 atom stereocenters. The predicted octanol–water partition coefficient (Wildman–Crippen LogP) is 5.36. The topological polar surface area (TPSA) is 70.4 Å². The van der Waals surface area contributed by atoms with Crippen molar-refractivity contribution < 1.29 is 14.3 Å². The SMILES string of the molecule is CCOC(=O)[C@]1(CSc2ccccc2)C(=O)N2C=Cc3ccccc3[C@]2(C#N)[C@H]1c1ccccc1. The fourth-order valence-corrected chi connectivity index (χ4v) is 6.49. The van der Waals surface area contributed by atoms with Gasteiger partial charge >= 0.3 is 5.97 Å². The molecule has 174 valence electrons. The summed E-state index contributed by atoms with van der Waals surface area (Å²) in [5.74, 6) is -1.66. The molecule has 2 aliphatic rings. The maximum atomic E-state index is 14.4. The average Bonchev–Trinajstić information content (AvgIpc) is 3.14. The van der Waals surface area contributed by atoms with E-state index in [0.717, 1.165) is 16.0 Å². The number of hydrogen-bond acceptors (Lipinski definition) is 5. The number of fused-ring (bicyclic) bond motifs is 3. The van der Waals surface area contributed by atoms with Crippen molar-refractivity contribution in [3.8, 4) is 6.07 Å². The zero-order valence-electron chi connectivity index (χ0n) is 19.3. The highest BCUT2D eigenvalue weighted by molar-refractivity contribution is 7.99. The Bertz CT molecular complexity index is 1330. The van der Waals surface area contributed by atoms with Gasteiger partial charge in [0.2, 0.25) is 5.91 Å². The summed E-state index contributed by atoms with van der Waals surface area (Å²) in [4.78, 5) is 30.6. The summed E-state index contributed by atoms with van der Waals surface area (Å²) in [6.45, 7) is 1.87. The number of carbonyl (C=O) groups excluding carboxylic acids is 2. The van der Waals surface area contributed by atoms with Crippen LogP contribution in [0.4, 0.5) is 0 Å². The Morgan fingerprint density at radius 3 is 2.37 bits per heavy atom. The first-order chi connectivity index (χ1) is 17.1. The Morgan fingerprint density at radius 2 is 1.69 bits per heavy atom. The number of nitrogens with zero attached hydrogens (tertiary/aromatic N) is 2. The van der Waals surface area contributed by atoms with E-state index < -0.39 is 28.7 Å². The van der Waals surface area contributed by atoms with E-state index in [1.54, 1.807) is 13.1 Å². The molecule has 5 nitrogen and oxygen atoms in total. The largest absolute Gasteiger partial charge is 0.465 e. The molecule has 0 unspecified atom stereocenters. The number of nitriles is 1. The van der Waals surface area contributed by atoms with Crippen LogP contribution in [-0.2, 0) is 19.9 Å². The summed E-state index contributed by atoms with van der Waals surface area (Å²) in [5, 5.41) is 10.8. The third-order valence-corrected chi connectivity index (χ3v) is 8.02. The summed E-state index contributed by atoms with van der Waals surface area (Å²) >= 11 is 1.43. The van der Waals surface area contributed by atoms with Crippen LogP contribution in [0.1, 0.15) is 29.5 Å². The highest BCUT2D eigenvalue weighted by Crippen LogP contribution is 2.62. The fraction of sp³-hybridized carbons (Fsp3) is 0.207. The van der Waals surface area contributed by atoms with Crippen LogP contribution in [-0.4, -0.2) is 29.1 Å². The molecular weight excluding hydrogens is 456 g/mol. The number of esters is 1. The molecule has 3 aromatic carbocycles. The van der Waals surface area contributed by atoms with Gasteiger partial charge in [-0.05, 0) is 36.3 Å². The van der Waals surface area contributed by atoms with E-state index >= 15 is 0 Å². The molecule has 5 rings (SSSR count). The van der Waals surface area contributed by atoms with E-state index in [1.165, 1.54) is 16.7 Å². The predicted molar refractivity (Wildman–Crippen MR) is 135 cm³/mol. The summed E-state index contributed by atoms with van der Waals surface area (Å²) in [7, 11) is 0. The van der Waals surface area contributed by atoms with Crippen LogP contribution >= 0.6 is 11.8 Å². The first-order valence-corrected chi connectivity index (χ1v) is 12.5. The number of ether oxygens (including phenoxy) is 1. The highest BCUT2D eigenvalue weighted by atomic mass is 32.2. The van der Waals surface area contributed by atoms with E-state index in [9.17, 15) is 14.9 Å². The summed E-state index contributed by atoms with van der Waals surface area (Å²) in [5.41, 5.74) is -0.683. The van der Waals surface area contributed by atoms with Gasteiger partial charge in [0.15, 0.2) is 11.0 Å². The lowest BCUT2D eigenvalue weighted by Gasteiger charge is -2.40. The van der Waals surface area contributed by atoms with Crippen LogP contribution in [0.3, 0.4) is 0 Å². The van der Waals surface area contributed by atoms with E-state index in [0.29, 0.717) is 5.56 Å². The van der Waals surface area contributed by atoms with E-state index in [4.69, 9.17) is 4.74 Å². The van der Waals surface area contributed by atoms with Crippen LogP contribution in [0.5, 0.6) is 0 Å². The van der Waals surface area contributed by atoms with Gasteiger partial charge in [-0.2, -0.15) is 5.26 Å². The van der Waals surface area contributed by atoms with Crippen molar-refractivity contribution >= 4 is 29.7 Å². The molecule has 35 heavy (non-hydrogen) atoms. The van der Waals surface area contributed by atoms with Crippen molar-refractivity contribution in [2.45, 2.75) is 23.3 Å². The molecule has 0 aromatic heterocycles. The first-order valence-electron chi connectivity index (χ1n) is 11.5. The second-order valence-electron chi connectivity index (χ2n) is 8.59. The van der Waals surface area contributed by atoms with Gasteiger partial charge in [-0.25, -0.2) is 0 Å². The van der Waals surface area contributed by atoms with Crippen LogP contribution in [0.15, 0.2) is 96.0 Å². The molecule has 2 aliphatic heterocycles. The molecule has 0 aliphatic carbocycles. The van der Waals surface area contributed by atoms with Gasteiger partial charge in [0.05, 0.1) is 18.6 Å². The molecule has 2 heterocycles. The Morgan fingerprint density at radius 1 is 1.03 bits per heavy atom. The zero-order valence-corrected chi connectivity index (χ0v) is 20.1. The van der Waals surface area contributed by atoms with Gasteiger partial charge in [-0.1, -0.05) is 72.8 Å². The number of hydrogen-bond donors (Lipinski definition) is 0. The third-order valence-electron chi connectivity index (χ3n) is 6.82. The monoisotopic (exact) mass is 480 g/mol. The number of thioether (sulfide) groups is 1. The maximum absolute atomic E-state index is 14.4. The van der Waals surface area contributed by atoms with Crippen LogP contribution in [0, 0.1) is 16.7 Å². The molecule has 1 fully saturated rings. The molecule has 0 spiro atoms. The first kappa shape index (κ1) is 22.9. The lowest BCUT2D eigenvalue weighted by atomic mass is 9.64. The van der Waals surface area contributed by atoms with E-state index in [2.05, 4.69) is 6.07 Å². The molecule has 0 saturated carbocycles. The lowest BCUT2D eigenvalue weighted by Crippen LogP contribution is -2.46. The molecule has 1 saturated heterocycles. The molecule has 3 aromatic rings. The quantitative estimate of drug-likeness (QED) is 0.270. The molecular formula is C29H24N2O3S. The van der Waals surface area contributed by atoms with Crippen molar-refractivity contribution in [1.29, 1.82) is 5.26 Å². The highest BCUT2D eigenvalue weighted by Gasteiger charge is 2.72. The molecule has 0 N–H and O–H groups in total. The minimum atomic E-state index is -1.60. The number of amides is 1. The summed E-state index contributed by atoms with van der Waals surface area (Å²) in [6, 6.07) is 29.2. The number of benzene rings is 3. The van der Waals surface area contributed by atoms with E-state index in [1.807, 2.05) is 91.0 Å². The smallest absolute Gasteiger partial charge is 0.323 e. The van der Waals surface area contributed by atoms with Crippen LogP contribution < -0.4 is 0 Å². The van der Waals surface area contributed by atoms with Gasteiger partial charge in [-0.15, -0.1) is 11.8 Å². The summed E-state index contributed by atoms with van der Waals surface area (Å²) in [6.07, 6.45) is 3.48. The van der Waals surface area contributed by atoms with Gasteiger partial charge in [0, 0.05) is 22.4 Å². The molecule has 0 radical (unpaired) electrons. The standard InChI is InChI=1S/C29H24N2O3S/c1-2-34-27(33)28(20-35-23-14-7-4-8-15-23)25(22-12-5-3-6-13-22)29(19-30)24-16-10-9-11-21(24)17-18-31(29)26(28)32/h3-18,25H,2,20H2,1H3/t25-,28-,29+/m0/s1. The Hall–Kier alpha value is -3.82. The van der Waals surface area contributed by atoms with Gasteiger partial charge in [0.1, 0.15) is 0 Å².